The summed E-state index contributed by atoms with van der Waals surface area (Å²) in [4.78, 5) is 12.5. The molecule has 0 radical (unpaired) electrons. The van der Waals surface area contributed by atoms with E-state index < -0.39 is 0 Å². The summed E-state index contributed by atoms with van der Waals surface area (Å²) >= 11 is 0. The Morgan fingerprint density at radius 1 is 0.441 bits per heavy atom. The zero-order chi connectivity index (χ0) is 25.0. The van der Waals surface area contributed by atoms with Gasteiger partial charge in [-0.25, -0.2) is 0 Å². The smallest absolute Gasteiger partial charge is 0.306 e. The van der Waals surface area contributed by atoms with Crippen LogP contribution in [-0.2, 0) is 9.53 Å². The molecule has 204 valence electrons. The van der Waals surface area contributed by atoms with Gasteiger partial charge in [0.25, 0.3) is 0 Å². The Hall–Kier alpha value is -0.530. The zero-order valence-corrected chi connectivity index (χ0v) is 24.0. The number of ether oxygens (including phenoxy) is 1. The van der Waals surface area contributed by atoms with Gasteiger partial charge in [-0.15, -0.1) is 0 Å². The van der Waals surface area contributed by atoms with Crippen LogP contribution in [0.3, 0.4) is 0 Å². The molecule has 0 bridgehead atoms. The fourth-order valence-electron chi connectivity index (χ4n) is 4.92. The summed E-state index contributed by atoms with van der Waals surface area (Å²) < 4.78 is 5.98. The first kappa shape index (κ1) is 33.5. The first-order valence-electron chi connectivity index (χ1n) is 15.9. The SMILES string of the molecule is CCCCCCCCCCCCCC(=O)OC(CCCCCCCC)CCCCCCCCC. The van der Waals surface area contributed by atoms with Crippen molar-refractivity contribution in [3.05, 3.63) is 0 Å². The van der Waals surface area contributed by atoms with Gasteiger partial charge in [0, 0.05) is 6.42 Å². The molecule has 0 aliphatic carbocycles. The van der Waals surface area contributed by atoms with Crippen molar-refractivity contribution in [1.82, 2.24) is 0 Å². The lowest BCUT2D eigenvalue weighted by atomic mass is 10.0. The number of hydrogen-bond donors (Lipinski definition) is 0. The molecule has 0 aromatic rings. The van der Waals surface area contributed by atoms with Gasteiger partial charge in [0.2, 0.25) is 0 Å². The molecule has 0 fully saturated rings. The van der Waals surface area contributed by atoms with E-state index in [2.05, 4.69) is 20.8 Å². The molecule has 2 heteroatoms. The molecule has 0 aliphatic heterocycles. The van der Waals surface area contributed by atoms with E-state index in [9.17, 15) is 4.79 Å². The Kier molecular flexibility index (Phi) is 28.3. The molecule has 0 amide bonds. The molecule has 0 heterocycles. The van der Waals surface area contributed by atoms with Crippen molar-refractivity contribution < 1.29 is 9.53 Å². The lowest BCUT2D eigenvalue weighted by Crippen LogP contribution is -2.18. The maximum Gasteiger partial charge on any atom is 0.306 e. The summed E-state index contributed by atoms with van der Waals surface area (Å²) in [6.07, 6.45) is 34.7. The maximum atomic E-state index is 12.5. The minimum atomic E-state index is 0.0647. The van der Waals surface area contributed by atoms with Gasteiger partial charge in [-0.2, -0.15) is 0 Å². The topological polar surface area (TPSA) is 26.3 Å². The summed E-state index contributed by atoms with van der Waals surface area (Å²) in [6, 6.07) is 0. The summed E-state index contributed by atoms with van der Waals surface area (Å²) in [5.74, 6) is 0.0647. The highest BCUT2D eigenvalue weighted by molar-refractivity contribution is 5.69. The number of carbonyl (C=O) groups is 1. The Bertz CT molecular complexity index is 392. The minimum absolute atomic E-state index is 0.0647. The molecule has 0 spiro atoms. The van der Waals surface area contributed by atoms with Gasteiger partial charge in [-0.1, -0.05) is 156 Å². The second-order valence-corrected chi connectivity index (χ2v) is 10.9. The van der Waals surface area contributed by atoms with Crippen LogP contribution in [-0.4, -0.2) is 12.1 Å². The van der Waals surface area contributed by atoms with Crippen LogP contribution >= 0.6 is 0 Å². The largest absolute Gasteiger partial charge is 0.462 e. The van der Waals surface area contributed by atoms with Crippen LogP contribution in [0, 0.1) is 0 Å². The van der Waals surface area contributed by atoms with Gasteiger partial charge in [0.1, 0.15) is 6.10 Å². The quantitative estimate of drug-likeness (QED) is 0.0821. The molecular weight excluding hydrogens is 416 g/mol. The lowest BCUT2D eigenvalue weighted by Gasteiger charge is -2.18. The predicted molar refractivity (Wildman–Crippen MR) is 152 cm³/mol. The fraction of sp³-hybridized carbons (Fsp3) is 0.969. The van der Waals surface area contributed by atoms with Crippen LogP contribution in [0.25, 0.3) is 0 Å². The molecule has 0 aliphatic rings. The average molecular weight is 481 g/mol. The van der Waals surface area contributed by atoms with Gasteiger partial charge >= 0.3 is 5.97 Å². The molecule has 1 atom stereocenters. The Morgan fingerprint density at radius 3 is 1.09 bits per heavy atom. The standard InChI is InChI=1S/C32H64O2/c1-4-7-10-13-16-17-18-19-21-24-27-30-32(33)34-31(28-25-22-15-12-9-6-3)29-26-23-20-14-11-8-5-2/h31H,4-30H2,1-3H3. The third-order valence-corrected chi connectivity index (χ3v) is 7.29. The molecule has 0 aromatic heterocycles. The van der Waals surface area contributed by atoms with E-state index in [-0.39, 0.29) is 12.1 Å². The molecule has 34 heavy (non-hydrogen) atoms. The van der Waals surface area contributed by atoms with Crippen molar-refractivity contribution in [2.24, 2.45) is 0 Å². The van der Waals surface area contributed by atoms with E-state index in [1.807, 2.05) is 0 Å². The molecule has 1 unspecified atom stereocenters. The van der Waals surface area contributed by atoms with E-state index in [0.717, 1.165) is 19.3 Å². The number of unbranched alkanes of at least 4 members (excludes halogenated alkanes) is 21. The van der Waals surface area contributed by atoms with E-state index in [1.54, 1.807) is 0 Å². The molecule has 0 N–H and O–H groups in total. The summed E-state index contributed by atoms with van der Waals surface area (Å²) in [7, 11) is 0. The van der Waals surface area contributed by atoms with Gasteiger partial charge in [-0.05, 0) is 32.1 Å². The van der Waals surface area contributed by atoms with Crippen LogP contribution in [0.1, 0.15) is 194 Å². The molecule has 0 rings (SSSR count). The summed E-state index contributed by atoms with van der Waals surface area (Å²) in [5.41, 5.74) is 0. The number of rotatable bonds is 28. The first-order chi connectivity index (χ1) is 16.7. The number of carbonyl (C=O) groups excluding carboxylic acids is 1. The molecular formula is C32H64O2. The number of hydrogen-bond acceptors (Lipinski definition) is 2. The van der Waals surface area contributed by atoms with Crippen LogP contribution < -0.4 is 0 Å². The van der Waals surface area contributed by atoms with Crippen molar-refractivity contribution >= 4 is 5.97 Å². The summed E-state index contributed by atoms with van der Waals surface area (Å²) in [6.45, 7) is 6.83. The van der Waals surface area contributed by atoms with E-state index in [4.69, 9.17) is 4.74 Å². The van der Waals surface area contributed by atoms with Crippen molar-refractivity contribution in [2.75, 3.05) is 0 Å². The normalized spacial score (nSPS) is 12.2. The molecule has 0 aromatic carbocycles. The van der Waals surface area contributed by atoms with E-state index in [0.29, 0.717) is 6.42 Å². The zero-order valence-electron chi connectivity index (χ0n) is 24.0. The van der Waals surface area contributed by atoms with E-state index in [1.165, 1.54) is 148 Å². The summed E-state index contributed by atoms with van der Waals surface area (Å²) in [5, 5.41) is 0. The first-order valence-corrected chi connectivity index (χ1v) is 15.9. The predicted octanol–water partition coefficient (Wildman–Crippen LogP) is 11.5. The van der Waals surface area contributed by atoms with Gasteiger partial charge in [0.15, 0.2) is 0 Å². The fourth-order valence-corrected chi connectivity index (χ4v) is 4.92. The maximum absolute atomic E-state index is 12.5. The highest BCUT2D eigenvalue weighted by atomic mass is 16.5. The Labute approximate surface area is 215 Å². The molecule has 0 saturated heterocycles. The van der Waals surface area contributed by atoms with Crippen LogP contribution in [0.5, 0.6) is 0 Å². The third-order valence-electron chi connectivity index (χ3n) is 7.29. The second-order valence-electron chi connectivity index (χ2n) is 10.9. The van der Waals surface area contributed by atoms with Crippen LogP contribution in [0.4, 0.5) is 0 Å². The van der Waals surface area contributed by atoms with Gasteiger partial charge < -0.3 is 4.74 Å². The highest BCUT2D eigenvalue weighted by Gasteiger charge is 2.14. The van der Waals surface area contributed by atoms with Crippen molar-refractivity contribution in [1.29, 1.82) is 0 Å². The van der Waals surface area contributed by atoms with Crippen molar-refractivity contribution in [2.45, 2.75) is 200 Å². The number of esters is 1. The Morgan fingerprint density at radius 2 is 0.735 bits per heavy atom. The van der Waals surface area contributed by atoms with Gasteiger partial charge in [0.05, 0.1) is 0 Å². The lowest BCUT2D eigenvalue weighted by molar-refractivity contribution is -0.150. The van der Waals surface area contributed by atoms with E-state index >= 15 is 0 Å². The van der Waals surface area contributed by atoms with Crippen molar-refractivity contribution in [3.8, 4) is 0 Å². The van der Waals surface area contributed by atoms with Crippen molar-refractivity contribution in [3.63, 3.8) is 0 Å². The van der Waals surface area contributed by atoms with Crippen LogP contribution in [0.15, 0.2) is 0 Å². The Balaban J connectivity index is 3.91. The minimum Gasteiger partial charge on any atom is -0.462 e. The monoisotopic (exact) mass is 480 g/mol. The molecule has 0 saturated carbocycles. The van der Waals surface area contributed by atoms with Gasteiger partial charge in [-0.3, -0.25) is 4.79 Å². The highest BCUT2D eigenvalue weighted by Crippen LogP contribution is 2.18. The second kappa shape index (κ2) is 28.7. The third kappa shape index (κ3) is 26.1. The van der Waals surface area contributed by atoms with Crippen LogP contribution in [0.2, 0.25) is 0 Å². The molecule has 2 nitrogen and oxygen atoms in total. The average Bonchev–Trinajstić information content (AvgIpc) is 2.83.